The lowest BCUT2D eigenvalue weighted by atomic mass is 10.1. The van der Waals surface area contributed by atoms with Crippen molar-refractivity contribution >= 4 is 23.6 Å². The monoisotopic (exact) mass is 298 g/mol. The summed E-state index contributed by atoms with van der Waals surface area (Å²) in [7, 11) is 0. The van der Waals surface area contributed by atoms with Crippen LogP contribution in [0.1, 0.15) is 22.8 Å². The molecule has 0 aliphatic carbocycles. The molecule has 0 saturated carbocycles. The molecule has 0 aliphatic heterocycles. The lowest BCUT2D eigenvalue weighted by molar-refractivity contribution is 0.101. The molecule has 0 radical (unpaired) electrons. The van der Waals surface area contributed by atoms with E-state index in [9.17, 15) is 14.0 Å². The molecule has 0 saturated heterocycles. The van der Waals surface area contributed by atoms with Crippen LogP contribution in [-0.2, 0) is 0 Å². The maximum absolute atomic E-state index is 13.0. The van der Waals surface area contributed by atoms with Gasteiger partial charge >= 0.3 is 6.03 Å². The predicted molar refractivity (Wildman–Crippen MR) is 84.0 cm³/mol. The van der Waals surface area contributed by atoms with Crippen molar-refractivity contribution in [3.8, 4) is 0 Å². The molecular formula is C17H15FN2O2. The molecule has 2 N–H and O–H groups in total. The summed E-state index contributed by atoms with van der Waals surface area (Å²) >= 11 is 0. The van der Waals surface area contributed by atoms with E-state index in [-0.39, 0.29) is 11.6 Å². The van der Waals surface area contributed by atoms with Crippen LogP contribution in [0.3, 0.4) is 0 Å². The Morgan fingerprint density at radius 2 is 1.86 bits per heavy atom. The average Bonchev–Trinajstić information content (AvgIpc) is 2.47. The van der Waals surface area contributed by atoms with Crippen molar-refractivity contribution in [1.82, 2.24) is 5.32 Å². The Hall–Kier alpha value is -2.95. The zero-order valence-corrected chi connectivity index (χ0v) is 12.0. The summed E-state index contributed by atoms with van der Waals surface area (Å²) < 4.78 is 13.0. The fraction of sp³-hybridized carbons (Fsp3) is 0.0588. The summed E-state index contributed by atoms with van der Waals surface area (Å²) in [6.07, 6.45) is 2.99. The van der Waals surface area contributed by atoms with Crippen LogP contribution >= 0.6 is 0 Å². The zero-order valence-electron chi connectivity index (χ0n) is 12.0. The summed E-state index contributed by atoms with van der Waals surface area (Å²) in [5.74, 6) is -0.414. The minimum absolute atomic E-state index is 0.0740. The van der Waals surface area contributed by atoms with Gasteiger partial charge in [-0.25, -0.2) is 9.18 Å². The minimum Gasteiger partial charge on any atom is -0.314 e. The average molecular weight is 298 g/mol. The van der Waals surface area contributed by atoms with Gasteiger partial charge in [0.15, 0.2) is 5.78 Å². The lowest BCUT2D eigenvalue weighted by Gasteiger charge is -2.05. The first kappa shape index (κ1) is 15.4. The van der Waals surface area contributed by atoms with Gasteiger partial charge in [-0.15, -0.1) is 0 Å². The van der Waals surface area contributed by atoms with Gasteiger partial charge < -0.3 is 10.6 Å². The van der Waals surface area contributed by atoms with Crippen LogP contribution < -0.4 is 10.6 Å². The summed E-state index contributed by atoms with van der Waals surface area (Å²) in [6, 6.07) is 12.2. The molecule has 112 valence electrons. The van der Waals surface area contributed by atoms with Crippen molar-refractivity contribution in [3.05, 3.63) is 71.7 Å². The van der Waals surface area contributed by atoms with E-state index in [4.69, 9.17) is 0 Å². The van der Waals surface area contributed by atoms with Gasteiger partial charge in [0.05, 0.1) is 0 Å². The molecule has 0 fully saturated rings. The Morgan fingerprint density at radius 3 is 2.59 bits per heavy atom. The van der Waals surface area contributed by atoms with E-state index in [1.807, 2.05) is 0 Å². The van der Waals surface area contributed by atoms with Gasteiger partial charge in [0.1, 0.15) is 5.82 Å². The molecule has 0 atom stereocenters. The second-order valence-electron chi connectivity index (χ2n) is 4.62. The molecule has 0 aliphatic rings. The molecule has 2 aromatic carbocycles. The van der Waals surface area contributed by atoms with Crippen LogP contribution in [0.25, 0.3) is 6.08 Å². The highest BCUT2D eigenvalue weighted by Gasteiger charge is 2.03. The fourth-order valence-corrected chi connectivity index (χ4v) is 1.81. The Labute approximate surface area is 127 Å². The highest BCUT2D eigenvalue weighted by atomic mass is 19.1. The number of carbonyl (C=O) groups is 2. The Kier molecular flexibility index (Phi) is 5.03. The molecule has 0 aromatic heterocycles. The zero-order chi connectivity index (χ0) is 15.9. The molecule has 0 bridgehead atoms. The summed E-state index contributed by atoms with van der Waals surface area (Å²) in [4.78, 5) is 23.0. The lowest BCUT2D eigenvalue weighted by Crippen LogP contribution is -2.23. The van der Waals surface area contributed by atoms with Gasteiger partial charge in [-0.2, -0.15) is 0 Å². The number of nitrogens with one attached hydrogen (secondary N) is 2. The van der Waals surface area contributed by atoms with Crippen LogP contribution in [0.4, 0.5) is 14.9 Å². The number of urea groups is 1. The first-order valence-corrected chi connectivity index (χ1v) is 6.65. The first-order valence-electron chi connectivity index (χ1n) is 6.65. The van der Waals surface area contributed by atoms with Gasteiger partial charge in [-0.05, 0) is 42.8 Å². The predicted octanol–water partition coefficient (Wildman–Crippen LogP) is 3.82. The van der Waals surface area contributed by atoms with Gasteiger partial charge in [0.2, 0.25) is 0 Å². The molecule has 2 amide bonds. The van der Waals surface area contributed by atoms with Crippen LogP contribution in [0, 0.1) is 5.82 Å². The van der Waals surface area contributed by atoms with E-state index in [0.29, 0.717) is 16.8 Å². The molecule has 0 spiro atoms. The summed E-state index contributed by atoms with van der Waals surface area (Å²) in [5, 5.41) is 5.12. The first-order chi connectivity index (χ1) is 10.5. The van der Waals surface area contributed by atoms with Crippen molar-refractivity contribution in [2.45, 2.75) is 6.92 Å². The van der Waals surface area contributed by atoms with E-state index >= 15 is 0 Å². The number of ketones is 1. The van der Waals surface area contributed by atoms with Crippen LogP contribution in [0.2, 0.25) is 0 Å². The number of anilines is 1. The van der Waals surface area contributed by atoms with Crippen molar-refractivity contribution in [3.63, 3.8) is 0 Å². The number of rotatable bonds is 4. The number of carbonyl (C=O) groups excluding carboxylic acids is 2. The molecule has 0 heterocycles. The number of hydrogen-bond acceptors (Lipinski definition) is 2. The normalized spacial score (nSPS) is 10.5. The van der Waals surface area contributed by atoms with Crippen molar-refractivity contribution in [2.75, 3.05) is 5.32 Å². The van der Waals surface area contributed by atoms with Gasteiger partial charge in [-0.3, -0.25) is 4.79 Å². The summed E-state index contributed by atoms with van der Waals surface area (Å²) in [6.45, 7) is 1.46. The van der Waals surface area contributed by atoms with Crippen molar-refractivity contribution < 1.29 is 14.0 Å². The second-order valence-corrected chi connectivity index (χ2v) is 4.62. The second kappa shape index (κ2) is 7.17. The number of amides is 2. The van der Waals surface area contributed by atoms with Gasteiger partial charge in [0, 0.05) is 17.5 Å². The van der Waals surface area contributed by atoms with E-state index in [0.717, 1.165) is 0 Å². The fourth-order valence-electron chi connectivity index (χ4n) is 1.81. The standard InChI is InChI=1S/C17H15FN2O2/c1-12(21)14-5-3-7-16(11-14)20-17(22)19-9-8-13-4-2-6-15(18)10-13/h2-11H,1H3,(H2,19,20,22)/b9-8+. The number of halogens is 1. The molecular weight excluding hydrogens is 283 g/mol. The minimum atomic E-state index is -0.451. The highest BCUT2D eigenvalue weighted by molar-refractivity contribution is 5.96. The quantitative estimate of drug-likeness (QED) is 0.843. The maximum atomic E-state index is 13.0. The van der Waals surface area contributed by atoms with E-state index in [2.05, 4.69) is 10.6 Å². The number of hydrogen-bond donors (Lipinski definition) is 2. The van der Waals surface area contributed by atoms with Gasteiger partial charge in [-0.1, -0.05) is 24.3 Å². The Bertz CT molecular complexity index is 726. The van der Waals surface area contributed by atoms with Crippen LogP contribution in [-0.4, -0.2) is 11.8 Å². The number of Topliss-reactive ketones (excluding diaryl/α,β-unsaturated/α-hetero) is 1. The molecule has 0 unspecified atom stereocenters. The van der Waals surface area contributed by atoms with E-state index < -0.39 is 6.03 Å². The third kappa shape index (κ3) is 4.56. The van der Waals surface area contributed by atoms with E-state index in [1.165, 1.54) is 25.3 Å². The Balaban J connectivity index is 1.93. The highest BCUT2D eigenvalue weighted by Crippen LogP contribution is 2.11. The van der Waals surface area contributed by atoms with Crippen LogP contribution in [0.5, 0.6) is 0 Å². The van der Waals surface area contributed by atoms with Crippen molar-refractivity contribution in [1.29, 1.82) is 0 Å². The van der Waals surface area contributed by atoms with Gasteiger partial charge in [0.25, 0.3) is 0 Å². The molecule has 2 rings (SSSR count). The maximum Gasteiger partial charge on any atom is 0.323 e. The molecule has 4 nitrogen and oxygen atoms in total. The Morgan fingerprint density at radius 1 is 1.09 bits per heavy atom. The molecule has 22 heavy (non-hydrogen) atoms. The largest absolute Gasteiger partial charge is 0.323 e. The SMILES string of the molecule is CC(=O)c1cccc(NC(=O)N/C=C/c2cccc(F)c2)c1. The van der Waals surface area contributed by atoms with Crippen LogP contribution in [0.15, 0.2) is 54.7 Å². The molecule has 5 heteroatoms. The van der Waals surface area contributed by atoms with Crippen molar-refractivity contribution in [2.24, 2.45) is 0 Å². The molecule has 2 aromatic rings. The topological polar surface area (TPSA) is 58.2 Å². The van der Waals surface area contributed by atoms with E-state index in [1.54, 1.807) is 42.5 Å². The number of benzene rings is 2. The summed E-state index contributed by atoms with van der Waals surface area (Å²) in [5.41, 5.74) is 1.68. The third-order valence-electron chi connectivity index (χ3n) is 2.87. The smallest absolute Gasteiger partial charge is 0.314 e. The third-order valence-corrected chi connectivity index (χ3v) is 2.87.